The van der Waals surface area contributed by atoms with Crippen molar-refractivity contribution in [1.29, 1.82) is 0 Å². The number of benzene rings is 1. The SMILES string of the molecule is Cc1c[n+](Cc2ccccc2)cc(=O)[nH]1. The molecule has 0 saturated heterocycles. The summed E-state index contributed by atoms with van der Waals surface area (Å²) >= 11 is 0. The minimum atomic E-state index is -0.0640. The molecule has 1 aromatic carbocycles. The lowest BCUT2D eigenvalue weighted by Gasteiger charge is -1.97. The summed E-state index contributed by atoms with van der Waals surface area (Å²) in [5.41, 5.74) is 2.00. The van der Waals surface area contributed by atoms with E-state index < -0.39 is 0 Å². The Morgan fingerprint density at radius 3 is 2.60 bits per heavy atom. The molecule has 0 aliphatic carbocycles. The molecule has 0 saturated carbocycles. The van der Waals surface area contributed by atoms with Gasteiger partial charge in [0.25, 0.3) is 0 Å². The summed E-state index contributed by atoms with van der Waals surface area (Å²) in [6.45, 7) is 2.61. The summed E-state index contributed by atoms with van der Waals surface area (Å²) in [7, 11) is 0. The Morgan fingerprint density at radius 1 is 1.20 bits per heavy atom. The van der Waals surface area contributed by atoms with E-state index in [1.54, 1.807) is 6.20 Å². The van der Waals surface area contributed by atoms with Gasteiger partial charge < -0.3 is 4.98 Å². The smallest absolute Gasteiger partial charge is 0.312 e. The monoisotopic (exact) mass is 201 g/mol. The molecule has 0 unspecified atom stereocenters. The Labute approximate surface area is 88.0 Å². The molecule has 0 radical (unpaired) electrons. The number of rotatable bonds is 2. The third kappa shape index (κ3) is 2.53. The number of aromatic amines is 1. The summed E-state index contributed by atoms with van der Waals surface area (Å²) in [6, 6.07) is 10.1. The van der Waals surface area contributed by atoms with Gasteiger partial charge in [0.2, 0.25) is 6.20 Å². The molecule has 0 aliphatic heterocycles. The molecule has 1 N–H and O–H groups in total. The van der Waals surface area contributed by atoms with Crippen LogP contribution in [0.1, 0.15) is 11.3 Å². The van der Waals surface area contributed by atoms with Gasteiger partial charge in [-0.15, -0.1) is 0 Å². The van der Waals surface area contributed by atoms with Gasteiger partial charge in [0.1, 0.15) is 0 Å². The zero-order valence-corrected chi connectivity index (χ0v) is 8.60. The van der Waals surface area contributed by atoms with Crippen molar-refractivity contribution in [2.45, 2.75) is 13.5 Å². The van der Waals surface area contributed by atoms with Crippen LogP contribution in [0.4, 0.5) is 0 Å². The molecule has 15 heavy (non-hydrogen) atoms. The Bertz CT molecular complexity index is 503. The van der Waals surface area contributed by atoms with E-state index in [1.165, 1.54) is 5.56 Å². The van der Waals surface area contributed by atoms with Crippen molar-refractivity contribution >= 4 is 0 Å². The Kier molecular flexibility index (Phi) is 2.63. The summed E-state index contributed by atoms with van der Waals surface area (Å²) < 4.78 is 1.89. The molecule has 0 bridgehead atoms. The van der Waals surface area contributed by atoms with Crippen molar-refractivity contribution in [2.24, 2.45) is 0 Å². The second kappa shape index (κ2) is 4.09. The first kappa shape index (κ1) is 9.65. The Hall–Kier alpha value is -1.90. The molecule has 0 amide bonds. The average Bonchev–Trinajstić information content (AvgIpc) is 2.17. The van der Waals surface area contributed by atoms with Crippen LogP contribution in [-0.4, -0.2) is 4.98 Å². The van der Waals surface area contributed by atoms with Crippen molar-refractivity contribution in [1.82, 2.24) is 4.98 Å². The molecule has 0 atom stereocenters. The van der Waals surface area contributed by atoms with Crippen LogP contribution in [0.3, 0.4) is 0 Å². The molecule has 1 heterocycles. The lowest BCUT2D eigenvalue weighted by atomic mass is 10.2. The number of nitrogens with one attached hydrogen (secondary N) is 1. The molecule has 76 valence electrons. The second-order valence-corrected chi connectivity index (χ2v) is 3.59. The van der Waals surface area contributed by atoms with Gasteiger partial charge in [-0.3, -0.25) is 4.79 Å². The van der Waals surface area contributed by atoms with Crippen LogP contribution in [0.5, 0.6) is 0 Å². The molecule has 1 aromatic heterocycles. The molecule has 3 nitrogen and oxygen atoms in total. The number of H-pyrrole nitrogens is 1. The highest BCUT2D eigenvalue weighted by molar-refractivity contribution is 5.13. The fourth-order valence-electron chi connectivity index (χ4n) is 1.58. The lowest BCUT2D eigenvalue weighted by Crippen LogP contribution is -2.38. The first-order valence-corrected chi connectivity index (χ1v) is 4.88. The molecule has 2 aromatic rings. The van der Waals surface area contributed by atoms with E-state index in [4.69, 9.17) is 0 Å². The standard InChI is InChI=1S/C12H12N2O/c1-10-7-14(9-12(15)13-10)8-11-5-3-2-4-6-11/h2-7,9H,8H2,1H3/p+1. The summed E-state index contributed by atoms with van der Waals surface area (Å²) in [5.74, 6) is 0. The van der Waals surface area contributed by atoms with Gasteiger partial charge in [-0.1, -0.05) is 30.3 Å². The molecule has 2 rings (SSSR count). The quantitative estimate of drug-likeness (QED) is 0.724. The van der Waals surface area contributed by atoms with Crippen LogP contribution in [0.15, 0.2) is 47.5 Å². The molecule has 0 aliphatic rings. The topological polar surface area (TPSA) is 36.7 Å². The Balaban J connectivity index is 2.29. The highest BCUT2D eigenvalue weighted by Gasteiger charge is 2.04. The molecular formula is C12H13N2O+. The van der Waals surface area contributed by atoms with Crippen molar-refractivity contribution in [3.8, 4) is 0 Å². The van der Waals surface area contributed by atoms with Gasteiger partial charge >= 0.3 is 5.56 Å². The van der Waals surface area contributed by atoms with Crippen LogP contribution < -0.4 is 10.1 Å². The van der Waals surface area contributed by atoms with Crippen LogP contribution in [0.25, 0.3) is 0 Å². The van der Waals surface area contributed by atoms with E-state index in [1.807, 2.05) is 48.0 Å². The number of aromatic nitrogens is 2. The maximum absolute atomic E-state index is 11.2. The van der Waals surface area contributed by atoms with Crippen molar-refractivity contribution < 1.29 is 4.57 Å². The Morgan fingerprint density at radius 2 is 1.93 bits per heavy atom. The number of aryl methyl sites for hydroxylation is 1. The van der Waals surface area contributed by atoms with E-state index in [2.05, 4.69) is 4.98 Å². The fraction of sp³-hybridized carbons (Fsp3) is 0.167. The summed E-state index contributed by atoms with van der Waals surface area (Å²) in [5, 5.41) is 0. The number of hydrogen-bond acceptors (Lipinski definition) is 1. The van der Waals surface area contributed by atoms with Gasteiger partial charge in [0.05, 0.1) is 5.69 Å². The normalized spacial score (nSPS) is 10.2. The van der Waals surface area contributed by atoms with Gasteiger partial charge in [-0.2, -0.15) is 4.57 Å². The van der Waals surface area contributed by atoms with E-state index in [9.17, 15) is 4.79 Å². The van der Waals surface area contributed by atoms with Crippen molar-refractivity contribution in [2.75, 3.05) is 0 Å². The molecule has 0 spiro atoms. The van der Waals surface area contributed by atoms with Gasteiger partial charge in [-0.05, 0) is 6.92 Å². The zero-order chi connectivity index (χ0) is 10.7. The van der Waals surface area contributed by atoms with Gasteiger partial charge in [0, 0.05) is 5.56 Å². The lowest BCUT2D eigenvalue weighted by molar-refractivity contribution is -0.689. The first-order chi connectivity index (χ1) is 7.24. The van der Waals surface area contributed by atoms with Gasteiger partial charge in [-0.25, -0.2) is 0 Å². The predicted octanol–water partition coefficient (Wildman–Crippen LogP) is 1.02. The van der Waals surface area contributed by atoms with E-state index in [-0.39, 0.29) is 5.56 Å². The van der Waals surface area contributed by atoms with Crippen LogP contribution >= 0.6 is 0 Å². The number of nitrogens with zero attached hydrogens (tertiary/aromatic N) is 1. The maximum atomic E-state index is 11.2. The molecular weight excluding hydrogens is 188 g/mol. The summed E-state index contributed by atoms with van der Waals surface area (Å²) in [6.07, 6.45) is 3.49. The minimum absolute atomic E-state index is 0.0640. The molecule has 0 fully saturated rings. The second-order valence-electron chi connectivity index (χ2n) is 3.59. The zero-order valence-electron chi connectivity index (χ0n) is 8.60. The fourth-order valence-corrected chi connectivity index (χ4v) is 1.58. The predicted molar refractivity (Wildman–Crippen MR) is 57.5 cm³/mol. The average molecular weight is 201 g/mol. The van der Waals surface area contributed by atoms with Crippen molar-refractivity contribution in [3.05, 3.63) is 64.3 Å². The van der Waals surface area contributed by atoms with Crippen LogP contribution in [0, 0.1) is 6.92 Å². The first-order valence-electron chi connectivity index (χ1n) is 4.88. The number of hydrogen-bond donors (Lipinski definition) is 1. The van der Waals surface area contributed by atoms with Crippen LogP contribution in [0.2, 0.25) is 0 Å². The van der Waals surface area contributed by atoms with E-state index >= 15 is 0 Å². The third-order valence-corrected chi connectivity index (χ3v) is 2.17. The highest BCUT2D eigenvalue weighted by Crippen LogP contribution is 1.96. The van der Waals surface area contributed by atoms with E-state index in [0.29, 0.717) is 0 Å². The van der Waals surface area contributed by atoms with Crippen molar-refractivity contribution in [3.63, 3.8) is 0 Å². The minimum Gasteiger partial charge on any atom is -0.316 e. The van der Waals surface area contributed by atoms with E-state index in [0.717, 1.165) is 12.2 Å². The summed E-state index contributed by atoms with van der Waals surface area (Å²) in [4.78, 5) is 13.9. The maximum Gasteiger partial charge on any atom is 0.312 e. The van der Waals surface area contributed by atoms with Crippen LogP contribution in [-0.2, 0) is 6.54 Å². The molecule has 3 heteroatoms. The third-order valence-electron chi connectivity index (χ3n) is 2.17. The largest absolute Gasteiger partial charge is 0.316 e. The highest BCUT2D eigenvalue weighted by atomic mass is 16.1. The van der Waals surface area contributed by atoms with Gasteiger partial charge in [0.15, 0.2) is 12.7 Å².